The first-order valence-corrected chi connectivity index (χ1v) is 7.94. The molecule has 0 spiro atoms. The summed E-state index contributed by atoms with van der Waals surface area (Å²) in [7, 11) is 0. The number of carbonyl (C=O) groups excluding carboxylic acids is 3. The lowest BCUT2D eigenvalue weighted by Crippen LogP contribution is -2.42. The number of hydrogen-bond donors (Lipinski definition) is 2. The molecule has 0 atom stereocenters. The smallest absolute Gasteiger partial charge is 0.251 e. The topological polar surface area (TPSA) is 78.5 Å². The summed E-state index contributed by atoms with van der Waals surface area (Å²) in [5.74, 6) is -0.789. The number of nitrogens with zero attached hydrogens (tertiary/aromatic N) is 1. The van der Waals surface area contributed by atoms with Gasteiger partial charge in [0.25, 0.3) is 5.91 Å². The second-order valence-corrected chi connectivity index (χ2v) is 5.97. The van der Waals surface area contributed by atoms with Crippen LogP contribution in [0.5, 0.6) is 0 Å². The van der Waals surface area contributed by atoms with Crippen molar-refractivity contribution >= 4 is 33.7 Å². The van der Waals surface area contributed by atoms with Gasteiger partial charge in [0.05, 0.1) is 13.1 Å². The molecule has 2 N–H and O–H groups in total. The van der Waals surface area contributed by atoms with Gasteiger partial charge < -0.3 is 15.5 Å². The van der Waals surface area contributed by atoms with Gasteiger partial charge in [0.2, 0.25) is 11.8 Å². The Morgan fingerprint density at radius 1 is 1.09 bits per heavy atom. The molecule has 1 saturated heterocycles. The highest BCUT2D eigenvalue weighted by Gasteiger charge is 2.18. The molecule has 1 aromatic rings. The van der Waals surface area contributed by atoms with Gasteiger partial charge in [-0.3, -0.25) is 14.4 Å². The van der Waals surface area contributed by atoms with Gasteiger partial charge in [-0.2, -0.15) is 0 Å². The third-order valence-electron chi connectivity index (χ3n) is 3.39. The Kier molecular flexibility index (Phi) is 5.94. The van der Waals surface area contributed by atoms with Crippen molar-refractivity contribution in [3.05, 3.63) is 34.3 Å². The van der Waals surface area contributed by atoms with E-state index in [-0.39, 0.29) is 30.8 Å². The average molecular weight is 368 g/mol. The number of hydrogen-bond acceptors (Lipinski definition) is 3. The van der Waals surface area contributed by atoms with Crippen LogP contribution in [-0.4, -0.2) is 48.8 Å². The van der Waals surface area contributed by atoms with Gasteiger partial charge in [0.15, 0.2) is 0 Å². The van der Waals surface area contributed by atoms with Crippen molar-refractivity contribution < 1.29 is 14.4 Å². The number of rotatable bonds is 5. The van der Waals surface area contributed by atoms with E-state index in [0.29, 0.717) is 5.56 Å². The maximum Gasteiger partial charge on any atom is 0.251 e. The van der Waals surface area contributed by atoms with E-state index < -0.39 is 0 Å². The van der Waals surface area contributed by atoms with E-state index in [2.05, 4.69) is 26.6 Å². The summed E-state index contributed by atoms with van der Waals surface area (Å²) in [6, 6.07) is 6.89. The van der Waals surface area contributed by atoms with E-state index in [1.54, 1.807) is 23.1 Å². The van der Waals surface area contributed by atoms with Crippen LogP contribution in [0.25, 0.3) is 0 Å². The largest absolute Gasteiger partial charge is 0.345 e. The Morgan fingerprint density at radius 2 is 1.82 bits per heavy atom. The first-order valence-electron chi connectivity index (χ1n) is 7.14. The van der Waals surface area contributed by atoms with Crippen LogP contribution >= 0.6 is 15.9 Å². The van der Waals surface area contributed by atoms with Crippen LogP contribution in [0.3, 0.4) is 0 Å². The molecule has 6 nitrogen and oxygen atoms in total. The van der Waals surface area contributed by atoms with Crippen LogP contribution in [-0.2, 0) is 9.59 Å². The van der Waals surface area contributed by atoms with E-state index in [1.807, 2.05) is 6.07 Å². The summed E-state index contributed by atoms with van der Waals surface area (Å²) >= 11 is 3.28. The minimum atomic E-state index is -0.379. The zero-order chi connectivity index (χ0) is 15.9. The van der Waals surface area contributed by atoms with Crippen molar-refractivity contribution in [1.82, 2.24) is 15.5 Å². The average Bonchev–Trinajstić information content (AvgIpc) is 3.04. The fourth-order valence-electron chi connectivity index (χ4n) is 2.21. The van der Waals surface area contributed by atoms with Crippen molar-refractivity contribution in [3.8, 4) is 0 Å². The molecule has 7 heteroatoms. The van der Waals surface area contributed by atoms with E-state index in [0.717, 1.165) is 30.4 Å². The van der Waals surface area contributed by atoms with Crippen molar-refractivity contribution in [2.45, 2.75) is 12.8 Å². The van der Waals surface area contributed by atoms with E-state index in [9.17, 15) is 14.4 Å². The quantitative estimate of drug-likeness (QED) is 0.811. The maximum atomic E-state index is 11.9. The Bertz CT molecular complexity index is 571. The van der Waals surface area contributed by atoms with Gasteiger partial charge >= 0.3 is 0 Å². The van der Waals surface area contributed by atoms with Crippen LogP contribution < -0.4 is 10.6 Å². The van der Waals surface area contributed by atoms with E-state index in [4.69, 9.17) is 0 Å². The molecule has 0 saturated carbocycles. The minimum Gasteiger partial charge on any atom is -0.345 e. The normalized spacial score (nSPS) is 13.8. The predicted octanol–water partition coefficient (Wildman–Crippen LogP) is 0.917. The zero-order valence-corrected chi connectivity index (χ0v) is 13.7. The minimum absolute atomic E-state index is 0.0222. The molecular formula is C15H18BrN3O3. The Morgan fingerprint density at radius 3 is 2.50 bits per heavy atom. The highest BCUT2D eigenvalue weighted by molar-refractivity contribution is 9.10. The molecule has 0 radical (unpaired) electrons. The first-order chi connectivity index (χ1) is 10.6. The van der Waals surface area contributed by atoms with Gasteiger partial charge in [-0.05, 0) is 31.0 Å². The second kappa shape index (κ2) is 7.93. The summed E-state index contributed by atoms with van der Waals surface area (Å²) in [5, 5.41) is 5.05. The van der Waals surface area contributed by atoms with Gasteiger partial charge in [-0.15, -0.1) is 0 Å². The molecule has 1 fully saturated rings. The highest BCUT2D eigenvalue weighted by Crippen LogP contribution is 2.11. The van der Waals surface area contributed by atoms with Crippen molar-refractivity contribution in [3.63, 3.8) is 0 Å². The molecule has 1 aliphatic heterocycles. The molecule has 0 bridgehead atoms. The van der Waals surface area contributed by atoms with Crippen LogP contribution in [0, 0.1) is 0 Å². The summed E-state index contributed by atoms with van der Waals surface area (Å²) < 4.78 is 0.792. The standard InChI is InChI=1S/C15H18BrN3O3/c16-12-5-3-4-11(8-12)15(22)18-9-13(20)17-10-14(21)19-6-1-2-7-19/h3-5,8H,1-2,6-7,9-10H2,(H,17,20)(H,18,22). The number of benzene rings is 1. The SMILES string of the molecule is O=C(CNC(=O)c1cccc(Br)c1)NCC(=O)N1CCCC1. The van der Waals surface area contributed by atoms with Gasteiger partial charge in [-0.1, -0.05) is 22.0 Å². The lowest BCUT2D eigenvalue weighted by atomic mass is 10.2. The van der Waals surface area contributed by atoms with Gasteiger partial charge in [0.1, 0.15) is 0 Å². The van der Waals surface area contributed by atoms with E-state index >= 15 is 0 Å². The molecule has 0 aromatic heterocycles. The summed E-state index contributed by atoms with van der Waals surface area (Å²) in [6.45, 7) is 1.34. The number of amides is 3. The van der Waals surface area contributed by atoms with Crippen LogP contribution in [0.1, 0.15) is 23.2 Å². The predicted molar refractivity (Wildman–Crippen MR) is 85.3 cm³/mol. The van der Waals surface area contributed by atoms with Crippen LogP contribution in [0.15, 0.2) is 28.7 Å². The third kappa shape index (κ3) is 4.84. The molecule has 22 heavy (non-hydrogen) atoms. The Balaban J connectivity index is 1.71. The fraction of sp³-hybridized carbons (Fsp3) is 0.400. The fourth-order valence-corrected chi connectivity index (χ4v) is 2.61. The number of carbonyl (C=O) groups is 3. The van der Waals surface area contributed by atoms with Crippen molar-refractivity contribution in [2.24, 2.45) is 0 Å². The van der Waals surface area contributed by atoms with Gasteiger partial charge in [-0.25, -0.2) is 0 Å². The molecule has 0 aliphatic carbocycles. The summed E-state index contributed by atoms with van der Waals surface area (Å²) in [6.07, 6.45) is 2.03. The second-order valence-electron chi connectivity index (χ2n) is 5.06. The molecule has 1 heterocycles. The molecular weight excluding hydrogens is 350 g/mol. The Hall–Kier alpha value is -1.89. The van der Waals surface area contributed by atoms with Crippen LogP contribution in [0.2, 0.25) is 0 Å². The lowest BCUT2D eigenvalue weighted by Gasteiger charge is -2.15. The van der Waals surface area contributed by atoms with Gasteiger partial charge in [0, 0.05) is 23.1 Å². The summed E-state index contributed by atoms with van der Waals surface area (Å²) in [4.78, 5) is 37.0. The first kappa shape index (κ1) is 16.5. The molecule has 1 aliphatic rings. The molecule has 0 unspecified atom stereocenters. The third-order valence-corrected chi connectivity index (χ3v) is 3.89. The molecule has 2 rings (SSSR count). The highest BCUT2D eigenvalue weighted by atomic mass is 79.9. The summed E-state index contributed by atoms with van der Waals surface area (Å²) in [5.41, 5.74) is 0.468. The zero-order valence-electron chi connectivity index (χ0n) is 12.1. The van der Waals surface area contributed by atoms with Crippen LogP contribution in [0.4, 0.5) is 0 Å². The molecule has 118 valence electrons. The number of nitrogens with one attached hydrogen (secondary N) is 2. The lowest BCUT2D eigenvalue weighted by molar-refractivity contribution is -0.131. The maximum absolute atomic E-state index is 11.9. The molecule has 1 aromatic carbocycles. The van der Waals surface area contributed by atoms with Crippen molar-refractivity contribution in [2.75, 3.05) is 26.2 Å². The number of likely N-dealkylation sites (tertiary alicyclic amines) is 1. The monoisotopic (exact) mass is 367 g/mol. The number of halogens is 1. The molecule has 3 amide bonds. The van der Waals surface area contributed by atoms with Crippen molar-refractivity contribution in [1.29, 1.82) is 0 Å². The Labute approximate surface area is 137 Å². The van der Waals surface area contributed by atoms with E-state index in [1.165, 1.54) is 0 Å².